The number of anilines is 3. The summed E-state index contributed by atoms with van der Waals surface area (Å²) >= 11 is 0. The Kier molecular flexibility index (Phi) is 6.45. The van der Waals surface area contributed by atoms with Crippen molar-refractivity contribution in [3.05, 3.63) is 72.1 Å². The number of likely N-dealkylation sites (tertiary alicyclic amines) is 1. The van der Waals surface area contributed by atoms with Gasteiger partial charge in [0.15, 0.2) is 17.0 Å². The fourth-order valence-electron chi connectivity index (χ4n) is 4.15. The normalized spacial score (nSPS) is 14.0. The van der Waals surface area contributed by atoms with Gasteiger partial charge >= 0.3 is 6.18 Å². The van der Waals surface area contributed by atoms with Crippen molar-refractivity contribution in [2.75, 3.05) is 23.7 Å². The standard InChI is InChI=1S/C25H24F3N7O/c26-25(27,28)18-7-4-6-17(14-18)15-29-22-21-23(33-24(32-22)31-19-8-2-1-3-9-19)35(16-30-21)13-12-34-11-5-10-20(34)36/h1-4,6-9,14,16H,5,10-13,15H2,(H2,29,31,32,33). The van der Waals surface area contributed by atoms with Gasteiger partial charge in [0, 0.05) is 38.3 Å². The number of nitrogens with one attached hydrogen (secondary N) is 2. The lowest BCUT2D eigenvalue weighted by molar-refractivity contribution is -0.137. The number of aromatic nitrogens is 4. The maximum Gasteiger partial charge on any atom is 0.416 e. The summed E-state index contributed by atoms with van der Waals surface area (Å²) in [4.78, 5) is 27.5. The van der Waals surface area contributed by atoms with Crippen LogP contribution in [0.25, 0.3) is 11.2 Å². The van der Waals surface area contributed by atoms with Gasteiger partial charge in [0.25, 0.3) is 0 Å². The Morgan fingerprint density at radius 2 is 1.83 bits per heavy atom. The smallest absolute Gasteiger partial charge is 0.364 e. The third-order valence-electron chi connectivity index (χ3n) is 5.99. The molecule has 0 radical (unpaired) electrons. The Morgan fingerprint density at radius 3 is 2.58 bits per heavy atom. The Morgan fingerprint density at radius 1 is 1.00 bits per heavy atom. The first-order valence-electron chi connectivity index (χ1n) is 11.6. The molecule has 0 atom stereocenters. The van der Waals surface area contributed by atoms with Crippen molar-refractivity contribution >= 4 is 34.5 Å². The zero-order valence-electron chi connectivity index (χ0n) is 19.3. The molecule has 4 aromatic rings. The highest BCUT2D eigenvalue weighted by Gasteiger charge is 2.30. The van der Waals surface area contributed by atoms with Crippen molar-refractivity contribution in [3.8, 4) is 0 Å². The number of fused-ring (bicyclic) bond motifs is 1. The number of hydrogen-bond donors (Lipinski definition) is 2. The molecule has 2 N–H and O–H groups in total. The highest BCUT2D eigenvalue weighted by Crippen LogP contribution is 2.30. The van der Waals surface area contributed by atoms with Gasteiger partial charge in [-0.1, -0.05) is 30.3 Å². The van der Waals surface area contributed by atoms with E-state index >= 15 is 0 Å². The van der Waals surface area contributed by atoms with Gasteiger partial charge in [0.1, 0.15) is 0 Å². The van der Waals surface area contributed by atoms with Crippen molar-refractivity contribution in [1.82, 2.24) is 24.4 Å². The summed E-state index contributed by atoms with van der Waals surface area (Å²) < 4.78 is 41.2. The third kappa shape index (κ3) is 5.24. The van der Waals surface area contributed by atoms with Crippen LogP contribution in [0.15, 0.2) is 60.9 Å². The van der Waals surface area contributed by atoms with Crippen LogP contribution in [0, 0.1) is 0 Å². The zero-order valence-corrected chi connectivity index (χ0v) is 19.3. The molecule has 1 aliphatic heterocycles. The van der Waals surface area contributed by atoms with Crippen LogP contribution in [-0.4, -0.2) is 43.4 Å². The molecule has 1 saturated heterocycles. The van der Waals surface area contributed by atoms with Crippen LogP contribution in [-0.2, 0) is 24.1 Å². The van der Waals surface area contributed by atoms with Crippen molar-refractivity contribution in [2.24, 2.45) is 0 Å². The minimum Gasteiger partial charge on any atom is -0.364 e. The van der Waals surface area contributed by atoms with Gasteiger partial charge in [0.2, 0.25) is 11.9 Å². The number of imidazole rings is 1. The number of rotatable bonds is 8. The molecule has 2 aromatic heterocycles. The molecule has 0 aliphatic carbocycles. The summed E-state index contributed by atoms with van der Waals surface area (Å²) in [5.74, 6) is 0.856. The molecule has 0 saturated carbocycles. The van der Waals surface area contributed by atoms with E-state index in [1.165, 1.54) is 6.07 Å². The number of carbonyl (C=O) groups excluding carboxylic acids is 1. The highest BCUT2D eigenvalue weighted by atomic mass is 19.4. The number of amides is 1. The van der Waals surface area contributed by atoms with Crippen LogP contribution in [0.4, 0.5) is 30.6 Å². The molecule has 0 spiro atoms. The Bertz CT molecular complexity index is 1370. The van der Waals surface area contributed by atoms with Crippen LogP contribution in [0.5, 0.6) is 0 Å². The minimum absolute atomic E-state index is 0.121. The lowest BCUT2D eigenvalue weighted by atomic mass is 10.1. The Hall–Kier alpha value is -4.15. The lowest BCUT2D eigenvalue weighted by Gasteiger charge is -2.16. The van der Waals surface area contributed by atoms with Crippen molar-refractivity contribution in [1.29, 1.82) is 0 Å². The van der Waals surface area contributed by atoms with Gasteiger partial charge in [-0.2, -0.15) is 23.1 Å². The SMILES string of the molecule is O=C1CCCN1CCn1cnc2c(NCc3cccc(C(F)(F)F)c3)nc(Nc3ccccc3)nc21. The lowest BCUT2D eigenvalue weighted by Crippen LogP contribution is -2.28. The number of alkyl halides is 3. The van der Waals surface area contributed by atoms with Crippen LogP contribution < -0.4 is 10.6 Å². The average molecular weight is 496 g/mol. The predicted octanol–water partition coefficient (Wildman–Crippen LogP) is 4.82. The molecule has 5 rings (SSSR count). The molecule has 36 heavy (non-hydrogen) atoms. The molecule has 1 aliphatic rings. The highest BCUT2D eigenvalue weighted by molar-refractivity contribution is 5.84. The second-order valence-electron chi connectivity index (χ2n) is 8.53. The van der Waals surface area contributed by atoms with E-state index in [2.05, 4.69) is 25.6 Å². The predicted molar refractivity (Wildman–Crippen MR) is 130 cm³/mol. The number of nitrogens with zero attached hydrogens (tertiary/aromatic N) is 5. The molecule has 3 heterocycles. The average Bonchev–Trinajstić information content (AvgIpc) is 3.47. The van der Waals surface area contributed by atoms with Crippen LogP contribution >= 0.6 is 0 Å². The largest absolute Gasteiger partial charge is 0.416 e. The maximum absolute atomic E-state index is 13.1. The summed E-state index contributed by atoms with van der Waals surface area (Å²) in [5.41, 5.74) is 1.59. The van der Waals surface area contributed by atoms with E-state index < -0.39 is 11.7 Å². The number of para-hydroxylation sites is 1. The molecular formula is C25H24F3N7O. The maximum atomic E-state index is 13.1. The monoisotopic (exact) mass is 495 g/mol. The fraction of sp³-hybridized carbons (Fsp3) is 0.280. The number of benzene rings is 2. The second kappa shape index (κ2) is 9.84. The van der Waals surface area contributed by atoms with Gasteiger partial charge in [0.05, 0.1) is 11.9 Å². The van der Waals surface area contributed by atoms with E-state index in [1.54, 1.807) is 12.4 Å². The van der Waals surface area contributed by atoms with Crippen molar-refractivity contribution in [2.45, 2.75) is 32.1 Å². The van der Waals surface area contributed by atoms with E-state index in [0.717, 1.165) is 30.8 Å². The topological polar surface area (TPSA) is 88.0 Å². The first-order valence-corrected chi connectivity index (χ1v) is 11.6. The van der Waals surface area contributed by atoms with Gasteiger partial charge in [-0.3, -0.25) is 4.79 Å². The molecule has 1 fully saturated rings. The molecular weight excluding hydrogens is 471 g/mol. The number of hydrogen-bond acceptors (Lipinski definition) is 6. The first-order chi connectivity index (χ1) is 17.4. The van der Waals surface area contributed by atoms with E-state index in [-0.39, 0.29) is 12.5 Å². The van der Waals surface area contributed by atoms with Crippen LogP contribution in [0.1, 0.15) is 24.0 Å². The summed E-state index contributed by atoms with van der Waals surface area (Å²) in [5, 5.41) is 6.30. The molecule has 0 unspecified atom stereocenters. The van der Waals surface area contributed by atoms with E-state index in [9.17, 15) is 18.0 Å². The number of halogens is 3. The first kappa shape index (κ1) is 23.6. The molecule has 1 amide bonds. The Labute approximate surface area is 205 Å². The molecule has 0 bridgehead atoms. The van der Waals surface area contributed by atoms with Crippen molar-refractivity contribution < 1.29 is 18.0 Å². The van der Waals surface area contributed by atoms with Gasteiger partial charge in [-0.25, -0.2) is 4.98 Å². The molecule has 8 nitrogen and oxygen atoms in total. The van der Waals surface area contributed by atoms with E-state index in [1.807, 2.05) is 39.8 Å². The quantitative estimate of drug-likeness (QED) is 0.364. The molecule has 186 valence electrons. The molecule has 11 heteroatoms. The van der Waals surface area contributed by atoms with E-state index in [4.69, 9.17) is 0 Å². The van der Waals surface area contributed by atoms with Gasteiger partial charge in [-0.05, 0) is 36.2 Å². The molecule has 2 aromatic carbocycles. The second-order valence-corrected chi connectivity index (χ2v) is 8.53. The zero-order chi connectivity index (χ0) is 25.1. The van der Waals surface area contributed by atoms with Gasteiger partial charge in [-0.15, -0.1) is 0 Å². The van der Waals surface area contributed by atoms with Gasteiger partial charge < -0.3 is 20.1 Å². The van der Waals surface area contributed by atoms with Crippen molar-refractivity contribution in [3.63, 3.8) is 0 Å². The van der Waals surface area contributed by atoms with E-state index in [0.29, 0.717) is 48.0 Å². The third-order valence-corrected chi connectivity index (χ3v) is 5.99. The summed E-state index contributed by atoms with van der Waals surface area (Å²) in [6, 6.07) is 14.6. The van der Waals surface area contributed by atoms with Crippen LogP contribution in [0.2, 0.25) is 0 Å². The summed E-state index contributed by atoms with van der Waals surface area (Å²) in [7, 11) is 0. The Balaban J connectivity index is 1.43. The number of carbonyl (C=O) groups is 1. The fourth-order valence-corrected chi connectivity index (χ4v) is 4.15. The minimum atomic E-state index is -4.42. The van der Waals surface area contributed by atoms with Crippen LogP contribution in [0.3, 0.4) is 0 Å². The summed E-state index contributed by atoms with van der Waals surface area (Å²) in [6.07, 6.45) is -1.34. The summed E-state index contributed by atoms with van der Waals surface area (Å²) in [6.45, 7) is 1.92.